The standard InChI is InChI=1S/C8H14BrNO3/c1-5(4-9)7(8(12)13-3)10-6(2)11/h5,7H,4H2,1-3H3,(H,10,11)/t5?,7-/m0/s1. The number of esters is 1. The minimum atomic E-state index is -0.568. The number of hydrogen-bond donors (Lipinski definition) is 1. The molecule has 0 aliphatic rings. The predicted octanol–water partition coefficient (Wildman–Crippen LogP) is 0.695. The Morgan fingerprint density at radius 3 is 2.38 bits per heavy atom. The molecule has 76 valence electrons. The van der Waals surface area contributed by atoms with Crippen LogP contribution in [0, 0.1) is 5.92 Å². The predicted molar refractivity (Wildman–Crippen MR) is 52.6 cm³/mol. The van der Waals surface area contributed by atoms with Crippen LogP contribution in [0.3, 0.4) is 0 Å². The lowest BCUT2D eigenvalue weighted by Gasteiger charge is -2.20. The van der Waals surface area contributed by atoms with Crippen LogP contribution in [0.1, 0.15) is 13.8 Å². The van der Waals surface area contributed by atoms with Crippen molar-refractivity contribution in [3.8, 4) is 0 Å². The second-order valence-electron chi connectivity index (χ2n) is 2.83. The van der Waals surface area contributed by atoms with Crippen LogP contribution in [0.5, 0.6) is 0 Å². The fourth-order valence-corrected chi connectivity index (χ4v) is 1.24. The SMILES string of the molecule is COC(=O)[C@@H](NC(C)=O)C(C)CBr. The number of halogens is 1. The second-order valence-corrected chi connectivity index (χ2v) is 3.48. The maximum atomic E-state index is 11.2. The van der Waals surface area contributed by atoms with Gasteiger partial charge in [-0.1, -0.05) is 22.9 Å². The number of nitrogens with one attached hydrogen (secondary N) is 1. The van der Waals surface area contributed by atoms with Gasteiger partial charge in [0, 0.05) is 12.3 Å². The summed E-state index contributed by atoms with van der Waals surface area (Å²) in [6, 6.07) is -0.568. The molecule has 1 amide bonds. The van der Waals surface area contributed by atoms with Crippen molar-refractivity contribution < 1.29 is 14.3 Å². The van der Waals surface area contributed by atoms with Crippen molar-refractivity contribution in [1.29, 1.82) is 0 Å². The van der Waals surface area contributed by atoms with Gasteiger partial charge in [0.25, 0.3) is 0 Å². The fraction of sp³-hybridized carbons (Fsp3) is 0.750. The summed E-state index contributed by atoms with van der Waals surface area (Å²) in [6.45, 7) is 3.23. The highest BCUT2D eigenvalue weighted by molar-refractivity contribution is 9.09. The minimum Gasteiger partial charge on any atom is -0.467 e. The summed E-state index contributed by atoms with van der Waals surface area (Å²) in [4.78, 5) is 22.0. The molecular weight excluding hydrogens is 238 g/mol. The Morgan fingerprint density at radius 1 is 1.54 bits per heavy atom. The van der Waals surface area contributed by atoms with Crippen molar-refractivity contribution in [2.45, 2.75) is 19.9 Å². The Kier molecular flexibility index (Phi) is 5.70. The van der Waals surface area contributed by atoms with E-state index < -0.39 is 12.0 Å². The normalized spacial score (nSPS) is 14.5. The Balaban J connectivity index is 4.35. The van der Waals surface area contributed by atoms with Gasteiger partial charge in [-0.3, -0.25) is 4.79 Å². The maximum absolute atomic E-state index is 11.2. The molecule has 0 heterocycles. The minimum absolute atomic E-state index is 0.0105. The first-order valence-corrected chi connectivity index (χ1v) is 5.06. The van der Waals surface area contributed by atoms with Gasteiger partial charge in [-0.25, -0.2) is 4.79 Å². The average Bonchev–Trinajstić information content (AvgIpc) is 2.11. The largest absolute Gasteiger partial charge is 0.467 e. The highest BCUT2D eigenvalue weighted by Gasteiger charge is 2.25. The summed E-state index contributed by atoms with van der Waals surface area (Å²) >= 11 is 3.24. The highest BCUT2D eigenvalue weighted by Crippen LogP contribution is 2.08. The molecule has 13 heavy (non-hydrogen) atoms. The summed E-state index contributed by atoms with van der Waals surface area (Å²) in [5.41, 5.74) is 0. The van der Waals surface area contributed by atoms with Crippen LogP contribution in [0.4, 0.5) is 0 Å². The van der Waals surface area contributed by atoms with E-state index in [0.717, 1.165) is 0 Å². The Hall–Kier alpha value is -0.580. The van der Waals surface area contributed by atoms with Gasteiger partial charge in [0.05, 0.1) is 7.11 Å². The molecule has 0 radical (unpaired) electrons. The van der Waals surface area contributed by atoms with Gasteiger partial charge in [0.2, 0.25) is 5.91 Å². The third kappa shape index (κ3) is 4.26. The molecule has 0 saturated carbocycles. The van der Waals surface area contributed by atoms with Gasteiger partial charge < -0.3 is 10.1 Å². The molecule has 4 nitrogen and oxygen atoms in total. The number of ether oxygens (including phenoxy) is 1. The first kappa shape index (κ1) is 12.4. The van der Waals surface area contributed by atoms with Crippen LogP contribution in [-0.4, -0.2) is 30.4 Å². The third-order valence-corrected chi connectivity index (χ3v) is 2.65. The summed E-state index contributed by atoms with van der Waals surface area (Å²) in [6.07, 6.45) is 0. The molecule has 0 aliphatic carbocycles. The van der Waals surface area contributed by atoms with Gasteiger partial charge in [-0.2, -0.15) is 0 Å². The van der Waals surface area contributed by atoms with Crippen LogP contribution in [0.15, 0.2) is 0 Å². The topological polar surface area (TPSA) is 55.4 Å². The van der Waals surface area contributed by atoms with Gasteiger partial charge >= 0.3 is 5.97 Å². The van der Waals surface area contributed by atoms with Crippen LogP contribution >= 0.6 is 15.9 Å². The molecule has 0 aliphatic heterocycles. The van der Waals surface area contributed by atoms with Gasteiger partial charge in [0.1, 0.15) is 6.04 Å². The van der Waals surface area contributed by atoms with Crippen LogP contribution < -0.4 is 5.32 Å². The number of carbonyl (C=O) groups is 2. The van der Waals surface area contributed by atoms with Crippen molar-refractivity contribution >= 4 is 27.8 Å². The molecule has 0 saturated heterocycles. The fourth-order valence-electron chi connectivity index (χ4n) is 0.869. The van der Waals surface area contributed by atoms with E-state index in [4.69, 9.17) is 0 Å². The first-order chi connectivity index (χ1) is 6.02. The van der Waals surface area contributed by atoms with Crippen molar-refractivity contribution in [1.82, 2.24) is 5.32 Å². The molecular formula is C8H14BrNO3. The molecule has 0 rings (SSSR count). The van der Waals surface area contributed by atoms with E-state index in [1.165, 1.54) is 14.0 Å². The monoisotopic (exact) mass is 251 g/mol. The van der Waals surface area contributed by atoms with Crippen molar-refractivity contribution in [3.05, 3.63) is 0 Å². The zero-order valence-corrected chi connectivity index (χ0v) is 9.55. The summed E-state index contributed by atoms with van der Waals surface area (Å²) < 4.78 is 4.56. The van der Waals surface area contributed by atoms with Gasteiger partial charge in [-0.15, -0.1) is 0 Å². The first-order valence-electron chi connectivity index (χ1n) is 3.93. The van der Waals surface area contributed by atoms with E-state index in [9.17, 15) is 9.59 Å². The molecule has 1 N–H and O–H groups in total. The lowest BCUT2D eigenvalue weighted by atomic mass is 10.0. The van der Waals surface area contributed by atoms with Gasteiger partial charge in [-0.05, 0) is 5.92 Å². The summed E-state index contributed by atoms with van der Waals surface area (Å²) in [7, 11) is 1.30. The van der Waals surface area contributed by atoms with Gasteiger partial charge in [0.15, 0.2) is 0 Å². The van der Waals surface area contributed by atoms with Crippen LogP contribution in [0.25, 0.3) is 0 Å². The van der Waals surface area contributed by atoms with Crippen molar-refractivity contribution in [2.24, 2.45) is 5.92 Å². The molecule has 5 heteroatoms. The van der Waals surface area contributed by atoms with E-state index in [2.05, 4.69) is 26.0 Å². The van der Waals surface area contributed by atoms with Crippen LogP contribution in [0.2, 0.25) is 0 Å². The average molecular weight is 252 g/mol. The maximum Gasteiger partial charge on any atom is 0.328 e. The molecule has 1 unspecified atom stereocenters. The number of alkyl halides is 1. The summed E-state index contributed by atoms with van der Waals surface area (Å²) in [5, 5.41) is 3.17. The lowest BCUT2D eigenvalue weighted by Crippen LogP contribution is -2.45. The highest BCUT2D eigenvalue weighted by atomic mass is 79.9. The third-order valence-electron chi connectivity index (χ3n) is 1.63. The molecule has 0 spiro atoms. The number of methoxy groups -OCH3 is 1. The van der Waals surface area contributed by atoms with E-state index >= 15 is 0 Å². The molecule has 0 aromatic carbocycles. The van der Waals surface area contributed by atoms with Crippen LogP contribution in [-0.2, 0) is 14.3 Å². The second kappa shape index (κ2) is 5.96. The number of hydrogen-bond acceptors (Lipinski definition) is 3. The van der Waals surface area contributed by atoms with E-state index in [1.807, 2.05) is 6.92 Å². The molecule has 0 aromatic rings. The zero-order chi connectivity index (χ0) is 10.4. The van der Waals surface area contributed by atoms with E-state index in [1.54, 1.807) is 0 Å². The number of rotatable bonds is 4. The lowest BCUT2D eigenvalue weighted by molar-refractivity contribution is -0.146. The molecule has 0 bridgehead atoms. The Morgan fingerprint density at radius 2 is 2.08 bits per heavy atom. The van der Waals surface area contributed by atoms with E-state index in [0.29, 0.717) is 5.33 Å². The Bertz CT molecular complexity index is 196. The zero-order valence-electron chi connectivity index (χ0n) is 7.96. The number of amides is 1. The molecule has 0 fully saturated rings. The Labute approximate surface area is 86.1 Å². The van der Waals surface area contributed by atoms with Crippen molar-refractivity contribution in [3.63, 3.8) is 0 Å². The number of carbonyl (C=O) groups excluding carboxylic acids is 2. The van der Waals surface area contributed by atoms with Crippen molar-refractivity contribution in [2.75, 3.05) is 12.4 Å². The smallest absolute Gasteiger partial charge is 0.328 e. The molecule has 2 atom stereocenters. The summed E-state index contributed by atoms with van der Waals surface area (Å²) in [5.74, 6) is -0.637. The molecule has 0 aromatic heterocycles. The van der Waals surface area contributed by atoms with E-state index in [-0.39, 0.29) is 11.8 Å². The quantitative estimate of drug-likeness (QED) is 0.591.